The van der Waals surface area contributed by atoms with E-state index in [9.17, 15) is 41.1 Å². The van der Waals surface area contributed by atoms with Crippen LogP contribution in [0.5, 0.6) is 0 Å². The van der Waals surface area contributed by atoms with Crippen molar-refractivity contribution in [2.24, 2.45) is 5.92 Å². The molecule has 0 radical (unpaired) electrons. The van der Waals surface area contributed by atoms with Gasteiger partial charge in [-0.15, -0.1) is 11.3 Å². The minimum Gasteiger partial charge on any atom is -0.472 e. The first-order valence-corrected chi connectivity index (χ1v) is 45.6. The number of carbonyl (C=O) groups excluding carboxylic acids is 4. The highest BCUT2D eigenvalue weighted by Crippen LogP contribution is 2.41. The maximum Gasteiger partial charge on any atom is 0.471 e. The summed E-state index contributed by atoms with van der Waals surface area (Å²) >= 11 is 1.65. The molecule has 43 heteroatoms. The molecule has 1 fully saturated rings. The van der Waals surface area contributed by atoms with Crippen molar-refractivity contribution >= 4 is 146 Å². The number of imidazole rings is 4. The van der Waals surface area contributed by atoms with Gasteiger partial charge in [0.1, 0.15) is 45.4 Å². The standard InChI is InChI=1S/C27H19FN8O.C25H14F4N8O.C25H20N8O2.C24H18N8OS/c28-18-3-1-2-15(6-18)21-12-30-13-22-23(21)34-26(33-22)24-20-8-17(10-31-25(20)36-35-24)16-7-19(11-29-9-16)32-27(37)14-4-5-14;26-15-3-1-2-12(4-15)18-10-31-11-19-20(18)35-23(34-19)21-17-6-14(8-32-22(17)37-36-21)13-5-16(9-30-7-13)33-24(38)25(27,28)29;1-2-3-21(34)29-17-6-15(8-26-10-17)16-7-18-23(32-33-24(18)28-9-16)25-30-20-12-27-11-19(22(20)31-25)14-4-5-35-13-14;1-2-20(33)28-15-6-13(8-25-10-15)14-7-16-22(31-32-23(16)27-9-14)24-29-18-12-26-11-17(21(18)30-24)19-4-3-5-34-19/h1-3,6-14H,4-5H2,(H,32,37)(H,33,34)(H,31,35,36);1-11H,(H,33,38)(H,34,35)(H,32,36,37);4-13H,2-3H2,1H3,(H,29,34)(H,30,31)(H,28,32,33);3-12H,2H2,1H3,(H,28,33)(H,29,30)(H,27,31,32). The normalized spacial score (nSPS) is 12.0. The van der Waals surface area contributed by atoms with Crippen molar-refractivity contribution in [2.75, 3.05) is 21.3 Å². The lowest BCUT2D eigenvalue weighted by molar-refractivity contribution is -0.167. The summed E-state index contributed by atoms with van der Waals surface area (Å²) in [5.74, 6) is -0.503. The zero-order valence-electron chi connectivity index (χ0n) is 75.1. The van der Waals surface area contributed by atoms with Gasteiger partial charge < -0.3 is 45.6 Å². The Morgan fingerprint density at radius 2 is 0.743 bits per heavy atom. The molecule has 1 aliphatic rings. The number of carbonyl (C=O) groups is 4. The number of anilines is 4. The van der Waals surface area contributed by atoms with Crippen LogP contribution < -0.4 is 21.3 Å². The van der Waals surface area contributed by atoms with E-state index in [4.69, 9.17) is 24.4 Å². The quantitative estimate of drug-likeness (QED) is 0.0315. The van der Waals surface area contributed by atoms with E-state index in [0.29, 0.717) is 148 Å². The third-order valence-corrected chi connectivity index (χ3v) is 24.3. The summed E-state index contributed by atoms with van der Waals surface area (Å²) < 4.78 is 70.8. The van der Waals surface area contributed by atoms with Crippen molar-refractivity contribution in [3.8, 4) is 134 Å². The van der Waals surface area contributed by atoms with Gasteiger partial charge in [-0.2, -0.15) is 33.6 Å². The average molecular weight is 1940 g/mol. The summed E-state index contributed by atoms with van der Waals surface area (Å²) in [4.78, 5) is 133. The molecule has 4 amide bonds. The van der Waals surface area contributed by atoms with E-state index in [2.05, 4.69) is 143 Å². The first-order valence-electron chi connectivity index (χ1n) is 44.7. The topological polar surface area (TPSA) is 514 Å². The number of benzene rings is 2. The molecule has 0 bridgehead atoms. The van der Waals surface area contributed by atoms with Crippen LogP contribution in [0, 0.1) is 17.6 Å². The number of alkyl halides is 3. The van der Waals surface area contributed by atoms with E-state index in [0.717, 1.165) is 130 Å². The number of nitrogens with zero attached hydrogens (tertiary/aromatic N) is 20. The SMILES string of the molecule is CCC(=O)Nc1cncc(-c2cnc3n[nH]c(-c4nc5c(-c6cccs6)cncc5[nH]4)c3c2)c1.CCCC(=O)Nc1cncc(-c2cnc3n[nH]c(-c4nc5c(-c6ccoc6)cncc5[nH]4)c3c2)c1.O=C(Nc1cncc(-c2cnc3n[nH]c(-c4nc5c(-c6cccc(F)c6)cncc5[nH]4)c3c2)c1)C(F)(F)F.O=C(Nc1cncc(-c2cnc3n[nH]c(-c4nc5c(-c6cccc(F)c6)cncc5[nH]4)c3c2)c1)C1CC1. The summed E-state index contributed by atoms with van der Waals surface area (Å²) in [6.07, 6.45) is 34.8. The summed E-state index contributed by atoms with van der Waals surface area (Å²) in [6.45, 7) is 3.77. The number of aromatic amines is 8. The number of rotatable bonds is 20. The van der Waals surface area contributed by atoms with E-state index in [1.165, 1.54) is 42.7 Å². The molecule has 0 atom stereocenters. The van der Waals surface area contributed by atoms with Gasteiger partial charge in [-0.25, -0.2) is 48.7 Å². The molecule has 12 N–H and O–H groups in total. The highest BCUT2D eigenvalue weighted by Gasteiger charge is 2.39. The predicted molar refractivity (Wildman–Crippen MR) is 530 cm³/mol. The van der Waals surface area contributed by atoms with E-state index in [-0.39, 0.29) is 41.0 Å². The van der Waals surface area contributed by atoms with Crippen LogP contribution in [0.3, 0.4) is 0 Å². The molecule has 0 spiro atoms. The second kappa shape index (κ2) is 38.1. The molecule has 25 rings (SSSR count). The largest absolute Gasteiger partial charge is 0.472 e. The van der Waals surface area contributed by atoms with Crippen LogP contribution in [0.2, 0.25) is 0 Å². The van der Waals surface area contributed by atoms with Crippen LogP contribution in [-0.2, 0) is 19.2 Å². The van der Waals surface area contributed by atoms with E-state index in [1.807, 2.05) is 80.0 Å². The monoisotopic (exact) mass is 1940 g/mol. The molecule has 37 nitrogen and oxygen atoms in total. The molecule has 0 saturated heterocycles. The van der Waals surface area contributed by atoms with Gasteiger partial charge in [-0.3, -0.25) is 79.4 Å². The van der Waals surface area contributed by atoms with E-state index >= 15 is 0 Å². The van der Waals surface area contributed by atoms with E-state index in [1.54, 1.807) is 153 Å². The number of furan rings is 1. The Balaban J connectivity index is 0.000000110. The molecular formula is C101H71F5N32O5S. The highest BCUT2D eigenvalue weighted by atomic mass is 32.1. The highest BCUT2D eigenvalue weighted by molar-refractivity contribution is 7.13. The van der Waals surface area contributed by atoms with Gasteiger partial charge in [0.25, 0.3) is 0 Å². The molecule has 706 valence electrons. The van der Waals surface area contributed by atoms with Crippen LogP contribution in [0.15, 0.2) is 262 Å². The Hall–Kier alpha value is -19.5. The number of thiophene rings is 1. The number of pyridine rings is 12. The molecule has 22 heterocycles. The van der Waals surface area contributed by atoms with Gasteiger partial charge in [0.05, 0.1) is 139 Å². The van der Waals surface area contributed by atoms with Crippen LogP contribution in [0.25, 0.3) is 223 Å². The molecule has 1 aliphatic carbocycles. The Labute approximate surface area is 810 Å². The third kappa shape index (κ3) is 18.5. The third-order valence-electron chi connectivity index (χ3n) is 23.4. The smallest absolute Gasteiger partial charge is 0.471 e. The van der Waals surface area contributed by atoms with Crippen molar-refractivity contribution < 1.29 is 45.5 Å². The van der Waals surface area contributed by atoms with Gasteiger partial charge in [0, 0.05) is 170 Å². The molecule has 1 saturated carbocycles. The fourth-order valence-electron chi connectivity index (χ4n) is 16.3. The molecule has 22 aromatic heterocycles. The molecule has 0 aliphatic heterocycles. The number of H-pyrrole nitrogens is 8. The van der Waals surface area contributed by atoms with Crippen molar-refractivity contribution in [1.29, 1.82) is 0 Å². The van der Waals surface area contributed by atoms with Gasteiger partial charge >= 0.3 is 12.1 Å². The number of amides is 4. The van der Waals surface area contributed by atoms with Crippen LogP contribution >= 0.6 is 11.3 Å². The number of hydrogen-bond donors (Lipinski definition) is 12. The van der Waals surface area contributed by atoms with E-state index < -0.39 is 12.1 Å². The lowest BCUT2D eigenvalue weighted by atomic mass is 10.1. The summed E-state index contributed by atoms with van der Waals surface area (Å²) in [5, 5.41) is 44.8. The van der Waals surface area contributed by atoms with Crippen LogP contribution in [0.4, 0.5) is 44.7 Å². The van der Waals surface area contributed by atoms with Gasteiger partial charge in [-0.05, 0) is 121 Å². The average Bonchev–Trinajstić information content (AvgIpc) is 1.63. The molecule has 2 aromatic carbocycles. The second-order valence-corrected chi connectivity index (χ2v) is 34.2. The Kier molecular flexibility index (Phi) is 23.7. The second-order valence-electron chi connectivity index (χ2n) is 33.2. The fraction of sp³-hybridized carbons (Fsp3) is 0.0891. The molecule has 0 unspecified atom stereocenters. The fourth-order valence-corrected chi connectivity index (χ4v) is 17.0. The Bertz CT molecular complexity index is 9050. The number of halogens is 5. The Morgan fingerprint density at radius 1 is 0.382 bits per heavy atom. The zero-order chi connectivity index (χ0) is 98.2. The summed E-state index contributed by atoms with van der Waals surface area (Å²) in [7, 11) is 0. The minimum atomic E-state index is -5.03. The number of nitrogens with one attached hydrogen (secondary N) is 12. The number of fused-ring (bicyclic) bond motifs is 8. The summed E-state index contributed by atoms with van der Waals surface area (Å²) in [6, 6.07) is 33.1. The zero-order valence-corrected chi connectivity index (χ0v) is 76.0. The minimum absolute atomic E-state index is 0.0293. The lowest BCUT2D eigenvalue weighted by Crippen LogP contribution is -2.29. The van der Waals surface area contributed by atoms with Gasteiger partial charge in [0.2, 0.25) is 17.7 Å². The number of hydrogen-bond acceptors (Lipinski definition) is 26. The number of aromatic nitrogens is 28. The molecular weight excluding hydrogens is 1870 g/mol. The Morgan fingerprint density at radius 3 is 1.10 bits per heavy atom. The molecule has 144 heavy (non-hydrogen) atoms. The van der Waals surface area contributed by atoms with Crippen LogP contribution in [0.1, 0.15) is 46.0 Å². The summed E-state index contributed by atoms with van der Waals surface area (Å²) in [5.41, 5.74) is 23.7. The van der Waals surface area contributed by atoms with Crippen molar-refractivity contribution in [1.82, 2.24) is 140 Å². The van der Waals surface area contributed by atoms with Gasteiger partial charge in [0.15, 0.2) is 45.9 Å². The maximum absolute atomic E-state index is 13.9. The molecule has 24 aromatic rings. The van der Waals surface area contributed by atoms with Crippen molar-refractivity contribution in [2.45, 2.75) is 52.1 Å². The maximum atomic E-state index is 13.9. The first kappa shape index (κ1) is 89.7. The van der Waals surface area contributed by atoms with Crippen molar-refractivity contribution in [3.05, 3.63) is 269 Å². The van der Waals surface area contributed by atoms with Crippen molar-refractivity contribution in [3.63, 3.8) is 0 Å². The van der Waals surface area contributed by atoms with Gasteiger partial charge in [-0.1, -0.05) is 44.2 Å². The predicted octanol–water partition coefficient (Wildman–Crippen LogP) is 20.4. The first-order chi connectivity index (χ1) is 70.3. The van der Waals surface area contributed by atoms with Crippen LogP contribution in [-0.4, -0.2) is 170 Å². The lowest BCUT2D eigenvalue weighted by Gasteiger charge is -2.09.